The molecule has 0 spiro atoms. The Bertz CT molecular complexity index is 270. The van der Waals surface area contributed by atoms with Gasteiger partial charge in [-0.15, -0.1) is 0 Å². The van der Waals surface area contributed by atoms with Gasteiger partial charge in [-0.2, -0.15) is 5.10 Å². The highest BCUT2D eigenvalue weighted by molar-refractivity contribution is 14.1. The van der Waals surface area contributed by atoms with Crippen LogP contribution in [0, 0.1) is 11.8 Å². The zero-order valence-electron chi connectivity index (χ0n) is 8.59. The number of fused-ring (bicyclic) bond motifs is 1. The molecule has 0 aromatic rings. The molecule has 1 heterocycles. The van der Waals surface area contributed by atoms with Crippen molar-refractivity contribution in [1.29, 1.82) is 0 Å². The van der Waals surface area contributed by atoms with Gasteiger partial charge in [0, 0.05) is 12.1 Å². The maximum atomic E-state index is 4.19. The van der Waals surface area contributed by atoms with Gasteiger partial charge >= 0.3 is 0 Å². The van der Waals surface area contributed by atoms with E-state index in [4.69, 9.17) is 0 Å². The standard InChI is InChI=1S/C11H17IN2/c1-8-3-2-4-9-7-13-14-11(12)10(9)6-5-8/h7-9,14H,2-6H2,1H3. The molecule has 2 rings (SSSR count). The molecular weight excluding hydrogens is 287 g/mol. The highest BCUT2D eigenvalue weighted by Gasteiger charge is 2.22. The molecule has 78 valence electrons. The Labute approximate surface area is 99.4 Å². The summed E-state index contributed by atoms with van der Waals surface area (Å²) in [5.41, 5.74) is 4.67. The van der Waals surface area contributed by atoms with Crippen LogP contribution < -0.4 is 5.43 Å². The summed E-state index contributed by atoms with van der Waals surface area (Å²) in [5, 5.41) is 4.19. The first kappa shape index (κ1) is 10.5. The van der Waals surface area contributed by atoms with Crippen molar-refractivity contribution in [2.75, 3.05) is 0 Å². The van der Waals surface area contributed by atoms with Gasteiger partial charge in [-0.05, 0) is 53.3 Å². The van der Waals surface area contributed by atoms with Gasteiger partial charge in [0.1, 0.15) is 0 Å². The van der Waals surface area contributed by atoms with Crippen LogP contribution in [0.1, 0.15) is 39.0 Å². The molecule has 0 amide bonds. The van der Waals surface area contributed by atoms with E-state index in [1.165, 1.54) is 35.8 Å². The number of hydrogen-bond donors (Lipinski definition) is 1. The molecule has 2 atom stereocenters. The Balaban J connectivity index is 2.12. The van der Waals surface area contributed by atoms with Crippen molar-refractivity contribution in [3.05, 3.63) is 9.28 Å². The molecule has 14 heavy (non-hydrogen) atoms. The van der Waals surface area contributed by atoms with Gasteiger partial charge in [-0.3, -0.25) is 5.43 Å². The second-order valence-electron chi connectivity index (χ2n) is 4.41. The van der Waals surface area contributed by atoms with Crippen LogP contribution in [0.2, 0.25) is 0 Å². The highest BCUT2D eigenvalue weighted by Crippen LogP contribution is 2.33. The lowest BCUT2D eigenvalue weighted by Gasteiger charge is -2.26. The van der Waals surface area contributed by atoms with E-state index in [0.717, 1.165) is 5.92 Å². The van der Waals surface area contributed by atoms with Gasteiger partial charge in [-0.25, -0.2) is 0 Å². The lowest BCUT2D eigenvalue weighted by atomic mass is 9.84. The van der Waals surface area contributed by atoms with Crippen LogP contribution >= 0.6 is 22.6 Å². The summed E-state index contributed by atoms with van der Waals surface area (Å²) in [6.07, 6.45) is 8.72. The van der Waals surface area contributed by atoms with Crippen molar-refractivity contribution < 1.29 is 0 Å². The summed E-state index contributed by atoms with van der Waals surface area (Å²) in [7, 11) is 0. The second kappa shape index (κ2) is 4.64. The molecule has 0 saturated heterocycles. The van der Waals surface area contributed by atoms with Crippen LogP contribution in [0.15, 0.2) is 14.4 Å². The van der Waals surface area contributed by atoms with E-state index in [1.54, 1.807) is 5.57 Å². The third-order valence-corrected chi connectivity index (χ3v) is 4.20. The van der Waals surface area contributed by atoms with Crippen molar-refractivity contribution in [3.63, 3.8) is 0 Å². The number of nitrogens with one attached hydrogen (secondary N) is 1. The van der Waals surface area contributed by atoms with Crippen molar-refractivity contribution in [3.8, 4) is 0 Å². The fourth-order valence-corrected chi connectivity index (χ4v) is 3.09. The molecule has 3 heteroatoms. The zero-order valence-corrected chi connectivity index (χ0v) is 10.8. The van der Waals surface area contributed by atoms with Gasteiger partial charge in [0.05, 0.1) is 3.70 Å². The second-order valence-corrected chi connectivity index (χ2v) is 5.49. The summed E-state index contributed by atoms with van der Waals surface area (Å²) < 4.78 is 1.27. The maximum absolute atomic E-state index is 4.19. The monoisotopic (exact) mass is 304 g/mol. The summed E-state index contributed by atoms with van der Waals surface area (Å²) in [6.45, 7) is 2.37. The summed E-state index contributed by atoms with van der Waals surface area (Å²) in [5.74, 6) is 1.52. The van der Waals surface area contributed by atoms with E-state index in [0.29, 0.717) is 5.92 Å². The van der Waals surface area contributed by atoms with Gasteiger partial charge in [0.25, 0.3) is 0 Å². The smallest absolute Gasteiger partial charge is 0.0939 e. The van der Waals surface area contributed by atoms with E-state index in [9.17, 15) is 0 Å². The number of hydrazone groups is 1. The van der Waals surface area contributed by atoms with E-state index < -0.39 is 0 Å². The predicted molar refractivity (Wildman–Crippen MR) is 68.4 cm³/mol. The minimum absolute atomic E-state index is 0.621. The average molecular weight is 304 g/mol. The van der Waals surface area contributed by atoms with E-state index in [1.807, 2.05) is 0 Å². The largest absolute Gasteiger partial charge is 0.273 e. The Morgan fingerprint density at radius 3 is 3.14 bits per heavy atom. The quantitative estimate of drug-likeness (QED) is 0.538. The van der Waals surface area contributed by atoms with Gasteiger partial charge in [0.15, 0.2) is 0 Å². The fraction of sp³-hybridized carbons (Fsp3) is 0.727. The predicted octanol–water partition coefficient (Wildman–Crippen LogP) is 3.44. The number of allylic oxidation sites excluding steroid dienone is 1. The van der Waals surface area contributed by atoms with Crippen molar-refractivity contribution in [1.82, 2.24) is 5.43 Å². The molecular formula is C11H17IN2. The molecule has 1 aliphatic carbocycles. The molecule has 0 bridgehead atoms. The third-order valence-electron chi connectivity index (χ3n) is 3.27. The minimum atomic E-state index is 0.621. The molecule has 2 aliphatic rings. The van der Waals surface area contributed by atoms with Crippen LogP contribution in [0.3, 0.4) is 0 Å². The van der Waals surface area contributed by atoms with Crippen LogP contribution in [0.25, 0.3) is 0 Å². The van der Waals surface area contributed by atoms with Crippen LogP contribution in [-0.4, -0.2) is 6.21 Å². The number of halogens is 1. The van der Waals surface area contributed by atoms with Crippen molar-refractivity contribution in [2.45, 2.75) is 39.0 Å². The van der Waals surface area contributed by atoms with Crippen LogP contribution in [0.4, 0.5) is 0 Å². The minimum Gasteiger partial charge on any atom is -0.273 e. The topological polar surface area (TPSA) is 24.4 Å². The molecule has 1 aliphatic heterocycles. The van der Waals surface area contributed by atoms with Crippen molar-refractivity contribution >= 4 is 28.8 Å². The molecule has 1 N–H and O–H groups in total. The molecule has 1 saturated carbocycles. The Kier molecular flexibility index (Phi) is 3.47. The average Bonchev–Trinajstić information content (AvgIpc) is 2.13. The van der Waals surface area contributed by atoms with E-state index in [-0.39, 0.29) is 0 Å². The Hall–Kier alpha value is -0.0600. The number of rotatable bonds is 0. The lowest BCUT2D eigenvalue weighted by Crippen LogP contribution is -2.21. The van der Waals surface area contributed by atoms with E-state index in [2.05, 4.69) is 46.3 Å². The first-order valence-electron chi connectivity index (χ1n) is 5.45. The molecule has 0 radical (unpaired) electrons. The Morgan fingerprint density at radius 2 is 2.29 bits per heavy atom. The fourth-order valence-electron chi connectivity index (χ4n) is 2.28. The first-order valence-corrected chi connectivity index (χ1v) is 6.53. The van der Waals surface area contributed by atoms with Gasteiger partial charge in [-0.1, -0.05) is 19.8 Å². The molecule has 2 unspecified atom stereocenters. The lowest BCUT2D eigenvalue weighted by molar-refractivity contribution is 0.420. The molecule has 0 aromatic carbocycles. The summed E-state index contributed by atoms with van der Waals surface area (Å²) in [6, 6.07) is 0. The maximum Gasteiger partial charge on any atom is 0.0939 e. The molecule has 2 nitrogen and oxygen atoms in total. The van der Waals surface area contributed by atoms with Crippen LogP contribution in [0.5, 0.6) is 0 Å². The molecule has 0 aromatic heterocycles. The Morgan fingerprint density at radius 1 is 1.43 bits per heavy atom. The zero-order chi connectivity index (χ0) is 9.97. The van der Waals surface area contributed by atoms with Crippen LogP contribution in [-0.2, 0) is 0 Å². The highest BCUT2D eigenvalue weighted by atomic mass is 127. The summed E-state index contributed by atoms with van der Waals surface area (Å²) in [4.78, 5) is 0. The van der Waals surface area contributed by atoms with Gasteiger partial charge < -0.3 is 0 Å². The molecule has 1 fully saturated rings. The SMILES string of the molecule is CC1CCCC2C=NNC(I)=C2CC1. The number of nitrogens with zero attached hydrogens (tertiary/aromatic N) is 1. The van der Waals surface area contributed by atoms with Crippen molar-refractivity contribution in [2.24, 2.45) is 16.9 Å². The van der Waals surface area contributed by atoms with E-state index >= 15 is 0 Å². The van der Waals surface area contributed by atoms with Gasteiger partial charge in [0.2, 0.25) is 0 Å². The third kappa shape index (κ3) is 2.30. The summed E-state index contributed by atoms with van der Waals surface area (Å²) >= 11 is 2.38. The first-order chi connectivity index (χ1) is 6.77. The number of hydrogen-bond acceptors (Lipinski definition) is 2. The normalized spacial score (nSPS) is 33.0.